The van der Waals surface area contributed by atoms with Crippen molar-refractivity contribution < 1.29 is 22.6 Å². The van der Waals surface area contributed by atoms with Crippen molar-refractivity contribution in [2.75, 3.05) is 13.2 Å². The summed E-state index contributed by atoms with van der Waals surface area (Å²) in [5.74, 6) is -0.359. The van der Waals surface area contributed by atoms with Crippen LogP contribution < -0.4 is 0 Å². The largest absolute Gasteiger partial charge is 0.352 e. The van der Waals surface area contributed by atoms with Crippen LogP contribution in [0.4, 0.5) is 13.2 Å². The smallest absolute Gasteiger partial charge is 0.162 e. The first kappa shape index (κ1) is 11.2. The van der Waals surface area contributed by atoms with Crippen LogP contribution in [0.25, 0.3) is 0 Å². The average molecular weight is 224 g/mol. The number of hydrogen-bond acceptors (Lipinski definition) is 2. The molecule has 1 aliphatic heterocycles. The molecule has 1 heterocycles. The van der Waals surface area contributed by atoms with E-state index in [1.165, 1.54) is 0 Å². The zero-order chi connectivity index (χ0) is 10.8. The number of alkyl halides is 3. The quantitative estimate of drug-likeness (QED) is 0.679. The molecule has 2 unspecified atom stereocenters. The van der Waals surface area contributed by atoms with Crippen LogP contribution in [0.5, 0.6) is 0 Å². The summed E-state index contributed by atoms with van der Waals surface area (Å²) in [6, 6.07) is 0. The Balaban J connectivity index is 1.92. The molecule has 5 heteroatoms. The van der Waals surface area contributed by atoms with E-state index in [9.17, 15) is 13.2 Å². The Morgan fingerprint density at radius 2 is 1.40 bits per heavy atom. The third kappa shape index (κ3) is 2.45. The lowest BCUT2D eigenvalue weighted by Gasteiger charge is -2.36. The maximum absolute atomic E-state index is 13.1. The van der Waals surface area contributed by atoms with Crippen LogP contribution in [0, 0.1) is 5.92 Å². The van der Waals surface area contributed by atoms with Gasteiger partial charge in [0.25, 0.3) is 0 Å². The SMILES string of the molecule is FC1CC(C2OCCCO2)CC(F)C1F. The number of hydrogen-bond donors (Lipinski definition) is 0. The monoisotopic (exact) mass is 224 g/mol. The van der Waals surface area contributed by atoms with Gasteiger partial charge < -0.3 is 9.47 Å². The molecule has 1 aliphatic carbocycles. The topological polar surface area (TPSA) is 18.5 Å². The van der Waals surface area contributed by atoms with Crippen molar-refractivity contribution in [3.05, 3.63) is 0 Å². The van der Waals surface area contributed by atoms with E-state index in [4.69, 9.17) is 9.47 Å². The molecule has 0 aromatic carbocycles. The molecule has 2 rings (SSSR count). The van der Waals surface area contributed by atoms with Gasteiger partial charge >= 0.3 is 0 Å². The minimum atomic E-state index is -1.98. The molecule has 1 saturated heterocycles. The highest BCUT2D eigenvalue weighted by Crippen LogP contribution is 2.35. The lowest BCUT2D eigenvalue weighted by molar-refractivity contribution is -0.218. The van der Waals surface area contributed by atoms with Crippen LogP contribution in [0.15, 0.2) is 0 Å². The van der Waals surface area contributed by atoms with Gasteiger partial charge in [-0.2, -0.15) is 0 Å². The first-order valence-electron chi connectivity index (χ1n) is 5.34. The molecular weight excluding hydrogens is 209 g/mol. The first-order valence-corrected chi connectivity index (χ1v) is 5.34. The van der Waals surface area contributed by atoms with Gasteiger partial charge in [-0.25, -0.2) is 13.2 Å². The highest BCUT2D eigenvalue weighted by molar-refractivity contribution is 4.88. The molecule has 2 nitrogen and oxygen atoms in total. The van der Waals surface area contributed by atoms with Crippen LogP contribution in [0.3, 0.4) is 0 Å². The minimum absolute atomic E-state index is 0.00769. The van der Waals surface area contributed by atoms with Crippen molar-refractivity contribution in [1.82, 2.24) is 0 Å². The summed E-state index contributed by atoms with van der Waals surface area (Å²) in [6.45, 7) is 1.10. The van der Waals surface area contributed by atoms with Gasteiger partial charge in [0.15, 0.2) is 12.5 Å². The van der Waals surface area contributed by atoms with E-state index in [1.54, 1.807) is 0 Å². The van der Waals surface area contributed by atoms with Crippen LogP contribution in [-0.4, -0.2) is 38.0 Å². The maximum Gasteiger partial charge on any atom is 0.162 e. The molecular formula is C10H15F3O2. The predicted octanol–water partition coefficient (Wildman–Crippen LogP) is 2.17. The molecule has 0 aromatic rings. The number of halogens is 3. The van der Waals surface area contributed by atoms with Gasteiger partial charge in [-0.15, -0.1) is 0 Å². The molecule has 0 radical (unpaired) electrons. The molecule has 15 heavy (non-hydrogen) atoms. The second-order valence-electron chi connectivity index (χ2n) is 4.17. The molecule has 0 aromatic heterocycles. The van der Waals surface area contributed by atoms with Gasteiger partial charge in [0.1, 0.15) is 12.3 Å². The molecule has 0 N–H and O–H groups in total. The third-order valence-electron chi connectivity index (χ3n) is 2.98. The fourth-order valence-corrected chi connectivity index (χ4v) is 2.16. The standard InChI is InChI=1S/C10H15F3O2/c11-7-4-6(5-8(12)9(7)13)10-14-2-1-3-15-10/h6-10H,1-5H2. The molecule has 0 spiro atoms. The summed E-state index contributed by atoms with van der Waals surface area (Å²) < 4.78 is 49.6. The Hall–Kier alpha value is -0.290. The van der Waals surface area contributed by atoms with Gasteiger partial charge in [-0.3, -0.25) is 0 Å². The summed E-state index contributed by atoms with van der Waals surface area (Å²) in [4.78, 5) is 0. The first-order chi connectivity index (χ1) is 7.18. The van der Waals surface area contributed by atoms with E-state index in [1.807, 2.05) is 0 Å². The van der Waals surface area contributed by atoms with Gasteiger partial charge in [-0.05, 0) is 19.3 Å². The zero-order valence-electron chi connectivity index (χ0n) is 8.37. The van der Waals surface area contributed by atoms with E-state index >= 15 is 0 Å². The Bertz CT molecular complexity index is 197. The molecule has 1 saturated carbocycles. The molecule has 0 amide bonds. The average Bonchev–Trinajstić information content (AvgIpc) is 2.26. The predicted molar refractivity (Wildman–Crippen MR) is 47.7 cm³/mol. The molecule has 2 fully saturated rings. The van der Waals surface area contributed by atoms with Crippen molar-refractivity contribution in [3.8, 4) is 0 Å². The Morgan fingerprint density at radius 1 is 0.867 bits per heavy atom. The van der Waals surface area contributed by atoms with Crippen LogP contribution in [0.1, 0.15) is 19.3 Å². The lowest BCUT2D eigenvalue weighted by Crippen LogP contribution is -2.43. The Morgan fingerprint density at radius 3 is 1.93 bits per heavy atom. The normalized spacial score (nSPS) is 44.2. The zero-order valence-corrected chi connectivity index (χ0v) is 8.37. The van der Waals surface area contributed by atoms with E-state index in [-0.39, 0.29) is 18.8 Å². The van der Waals surface area contributed by atoms with E-state index in [0.29, 0.717) is 13.2 Å². The van der Waals surface area contributed by atoms with Crippen molar-refractivity contribution in [3.63, 3.8) is 0 Å². The van der Waals surface area contributed by atoms with Crippen molar-refractivity contribution in [1.29, 1.82) is 0 Å². The van der Waals surface area contributed by atoms with E-state index in [2.05, 4.69) is 0 Å². The van der Waals surface area contributed by atoms with Gasteiger partial charge in [0.05, 0.1) is 13.2 Å². The maximum atomic E-state index is 13.1. The number of ether oxygens (including phenoxy) is 2. The third-order valence-corrected chi connectivity index (χ3v) is 2.98. The Kier molecular flexibility index (Phi) is 3.51. The summed E-state index contributed by atoms with van der Waals surface area (Å²) in [7, 11) is 0. The molecule has 2 aliphatic rings. The highest BCUT2D eigenvalue weighted by Gasteiger charge is 2.42. The van der Waals surface area contributed by atoms with E-state index in [0.717, 1.165) is 6.42 Å². The van der Waals surface area contributed by atoms with Crippen LogP contribution >= 0.6 is 0 Å². The lowest BCUT2D eigenvalue weighted by atomic mass is 9.85. The van der Waals surface area contributed by atoms with Crippen molar-refractivity contribution in [2.45, 2.75) is 44.1 Å². The van der Waals surface area contributed by atoms with Crippen LogP contribution in [0.2, 0.25) is 0 Å². The summed E-state index contributed by atoms with van der Waals surface area (Å²) in [5, 5.41) is 0. The molecule has 2 atom stereocenters. The van der Waals surface area contributed by atoms with Gasteiger partial charge in [-0.1, -0.05) is 0 Å². The van der Waals surface area contributed by atoms with Gasteiger partial charge in [0.2, 0.25) is 0 Å². The molecule has 88 valence electrons. The summed E-state index contributed by atoms with van der Waals surface area (Å²) in [6.07, 6.45) is -5.21. The number of rotatable bonds is 1. The van der Waals surface area contributed by atoms with Crippen molar-refractivity contribution >= 4 is 0 Å². The van der Waals surface area contributed by atoms with Crippen LogP contribution in [-0.2, 0) is 9.47 Å². The fourth-order valence-electron chi connectivity index (χ4n) is 2.16. The second kappa shape index (κ2) is 4.70. The van der Waals surface area contributed by atoms with Gasteiger partial charge in [0, 0.05) is 5.92 Å². The summed E-state index contributed by atoms with van der Waals surface area (Å²) in [5.41, 5.74) is 0. The fraction of sp³-hybridized carbons (Fsp3) is 1.00. The Labute approximate surface area is 86.7 Å². The second-order valence-corrected chi connectivity index (χ2v) is 4.17. The molecule has 0 bridgehead atoms. The minimum Gasteiger partial charge on any atom is -0.352 e. The van der Waals surface area contributed by atoms with E-state index < -0.39 is 24.8 Å². The highest BCUT2D eigenvalue weighted by atomic mass is 19.2. The van der Waals surface area contributed by atoms with Crippen molar-refractivity contribution in [2.24, 2.45) is 5.92 Å². The summed E-state index contributed by atoms with van der Waals surface area (Å²) >= 11 is 0.